The van der Waals surface area contributed by atoms with Crippen LogP contribution in [-0.2, 0) is 13.0 Å². The van der Waals surface area contributed by atoms with Gasteiger partial charge in [-0.3, -0.25) is 0 Å². The minimum Gasteiger partial charge on any atom is -0.348 e. The second kappa shape index (κ2) is 7.41. The summed E-state index contributed by atoms with van der Waals surface area (Å²) in [6.45, 7) is 9.87. The topological polar surface area (TPSA) is 42.2 Å². The highest BCUT2D eigenvalue weighted by Gasteiger charge is 2.22. The van der Waals surface area contributed by atoms with Crippen molar-refractivity contribution in [3.63, 3.8) is 0 Å². The van der Waals surface area contributed by atoms with Crippen LogP contribution in [0.4, 0.5) is 5.13 Å². The summed E-state index contributed by atoms with van der Waals surface area (Å²) in [5.74, 6) is 1.69. The second-order valence-electron chi connectivity index (χ2n) is 6.24. The smallest absolute Gasteiger partial charge is 0.185 e. The Labute approximate surface area is 127 Å². The zero-order valence-corrected chi connectivity index (χ0v) is 14.0. The van der Waals surface area contributed by atoms with Gasteiger partial charge in [0.15, 0.2) is 5.13 Å². The molecule has 1 aliphatic heterocycles. The maximum atomic E-state index is 5.87. The zero-order valence-electron chi connectivity index (χ0n) is 13.2. The molecule has 1 unspecified atom stereocenters. The first kappa shape index (κ1) is 15.8. The molecule has 3 nitrogen and oxygen atoms in total. The van der Waals surface area contributed by atoms with Gasteiger partial charge in [0.1, 0.15) is 0 Å². The van der Waals surface area contributed by atoms with E-state index in [9.17, 15) is 0 Å². The van der Waals surface area contributed by atoms with E-state index < -0.39 is 0 Å². The van der Waals surface area contributed by atoms with Crippen molar-refractivity contribution >= 4 is 16.5 Å². The van der Waals surface area contributed by atoms with E-state index in [4.69, 9.17) is 10.7 Å². The third kappa shape index (κ3) is 3.73. The summed E-state index contributed by atoms with van der Waals surface area (Å²) in [5, 5.41) is 1.21. The lowest BCUT2D eigenvalue weighted by Gasteiger charge is -2.20. The fourth-order valence-corrected chi connectivity index (χ4v) is 4.11. The van der Waals surface area contributed by atoms with Crippen LogP contribution < -0.4 is 10.6 Å². The number of hydrogen-bond acceptors (Lipinski definition) is 4. The first-order valence-electron chi connectivity index (χ1n) is 8.09. The molecular weight excluding hydrogens is 266 g/mol. The predicted molar refractivity (Wildman–Crippen MR) is 88.4 cm³/mol. The molecular formula is C16H29N3S. The maximum Gasteiger partial charge on any atom is 0.185 e. The van der Waals surface area contributed by atoms with Crippen molar-refractivity contribution < 1.29 is 0 Å². The average Bonchev–Trinajstić information content (AvgIpc) is 2.67. The van der Waals surface area contributed by atoms with Crippen LogP contribution in [0.25, 0.3) is 0 Å². The maximum absolute atomic E-state index is 5.87. The van der Waals surface area contributed by atoms with Crippen LogP contribution in [0, 0.1) is 11.8 Å². The van der Waals surface area contributed by atoms with Gasteiger partial charge >= 0.3 is 0 Å². The van der Waals surface area contributed by atoms with Crippen LogP contribution in [0.2, 0.25) is 0 Å². The van der Waals surface area contributed by atoms with Gasteiger partial charge in [0.2, 0.25) is 0 Å². The third-order valence-electron chi connectivity index (χ3n) is 4.43. The fraction of sp³-hybridized carbons (Fsp3) is 0.812. The lowest BCUT2D eigenvalue weighted by molar-refractivity contribution is 0.351. The van der Waals surface area contributed by atoms with Gasteiger partial charge in [0, 0.05) is 24.5 Å². The van der Waals surface area contributed by atoms with Crippen LogP contribution in [0.5, 0.6) is 0 Å². The highest BCUT2D eigenvalue weighted by atomic mass is 32.1. The van der Waals surface area contributed by atoms with Gasteiger partial charge in [-0.1, -0.05) is 27.2 Å². The normalized spacial score (nSPS) is 20.4. The lowest BCUT2D eigenvalue weighted by Crippen LogP contribution is -2.24. The largest absolute Gasteiger partial charge is 0.348 e. The van der Waals surface area contributed by atoms with Gasteiger partial charge in [0.05, 0.1) is 5.69 Å². The Morgan fingerprint density at radius 2 is 2.15 bits per heavy atom. The number of rotatable bonds is 5. The molecule has 1 atom stereocenters. The Morgan fingerprint density at radius 3 is 2.80 bits per heavy atom. The molecule has 2 rings (SSSR count). The van der Waals surface area contributed by atoms with Crippen molar-refractivity contribution in [1.82, 2.24) is 4.98 Å². The molecule has 0 amide bonds. The summed E-state index contributed by atoms with van der Waals surface area (Å²) < 4.78 is 0. The zero-order chi connectivity index (χ0) is 14.5. The summed E-state index contributed by atoms with van der Waals surface area (Å²) in [6, 6.07) is 0. The molecule has 0 saturated carbocycles. The van der Waals surface area contributed by atoms with Crippen LogP contribution in [-0.4, -0.2) is 18.1 Å². The molecule has 0 aromatic carbocycles. The number of hydrogen-bond donors (Lipinski definition) is 1. The van der Waals surface area contributed by atoms with Crippen molar-refractivity contribution in [2.45, 2.75) is 59.4 Å². The number of thiazole rings is 1. The summed E-state index contributed by atoms with van der Waals surface area (Å²) >= 11 is 1.81. The highest BCUT2D eigenvalue weighted by Crippen LogP contribution is 2.31. The van der Waals surface area contributed by atoms with Crippen LogP contribution in [0.3, 0.4) is 0 Å². The van der Waals surface area contributed by atoms with Crippen molar-refractivity contribution in [3.8, 4) is 0 Å². The van der Waals surface area contributed by atoms with Crippen molar-refractivity contribution in [3.05, 3.63) is 10.6 Å². The summed E-state index contributed by atoms with van der Waals surface area (Å²) in [5.41, 5.74) is 7.10. The number of nitrogens with two attached hydrogens (primary N) is 1. The van der Waals surface area contributed by atoms with Gasteiger partial charge in [0.25, 0.3) is 0 Å². The van der Waals surface area contributed by atoms with E-state index >= 15 is 0 Å². The van der Waals surface area contributed by atoms with Crippen molar-refractivity contribution in [1.29, 1.82) is 0 Å². The summed E-state index contributed by atoms with van der Waals surface area (Å²) in [7, 11) is 0. The Kier molecular flexibility index (Phi) is 5.85. The standard InChI is InChI=1S/C16H29N3S/c1-4-6-14-15(11-17)20-16(18-14)19-9-5-7-13(8-10-19)12(2)3/h12-13H,4-11,17H2,1-3H3. The Balaban J connectivity index is 2.07. The van der Waals surface area contributed by atoms with E-state index in [1.165, 1.54) is 35.0 Å². The molecule has 0 aliphatic carbocycles. The van der Waals surface area contributed by atoms with Crippen molar-refractivity contribution in [2.75, 3.05) is 18.0 Å². The first-order valence-corrected chi connectivity index (χ1v) is 8.91. The summed E-state index contributed by atoms with van der Waals surface area (Å²) in [4.78, 5) is 8.65. The minimum absolute atomic E-state index is 0.634. The molecule has 0 radical (unpaired) electrons. The molecule has 0 bridgehead atoms. The quantitative estimate of drug-likeness (QED) is 0.898. The lowest BCUT2D eigenvalue weighted by atomic mass is 9.89. The fourth-order valence-electron chi connectivity index (χ4n) is 3.08. The van der Waals surface area contributed by atoms with E-state index in [0.29, 0.717) is 6.54 Å². The Morgan fingerprint density at radius 1 is 1.35 bits per heavy atom. The number of nitrogens with zero attached hydrogens (tertiary/aromatic N) is 2. The first-order chi connectivity index (χ1) is 9.65. The third-order valence-corrected chi connectivity index (χ3v) is 5.61. The molecule has 1 saturated heterocycles. The number of aromatic nitrogens is 1. The Bertz CT molecular complexity index is 414. The van der Waals surface area contributed by atoms with Gasteiger partial charge in [-0.15, -0.1) is 11.3 Å². The van der Waals surface area contributed by atoms with Gasteiger partial charge < -0.3 is 10.6 Å². The highest BCUT2D eigenvalue weighted by molar-refractivity contribution is 7.15. The molecule has 20 heavy (non-hydrogen) atoms. The molecule has 1 fully saturated rings. The monoisotopic (exact) mass is 295 g/mol. The van der Waals surface area contributed by atoms with Gasteiger partial charge in [-0.25, -0.2) is 4.98 Å². The average molecular weight is 295 g/mol. The SMILES string of the molecule is CCCc1nc(N2CCCC(C(C)C)CC2)sc1CN. The predicted octanol–water partition coefficient (Wildman–Crippen LogP) is 3.82. The Hall–Kier alpha value is -0.610. The van der Waals surface area contributed by atoms with Gasteiger partial charge in [-0.2, -0.15) is 0 Å². The van der Waals surface area contributed by atoms with Crippen molar-refractivity contribution in [2.24, 2.45) is 17.6 Å². The van der Waals surface area contributed by atoms with Crippen LogP contribution >= 0.6 is 11.3 Å². The summed E-state index contributed by atoms with van der Waals surface area (Å²) in [6.07, 6.45) is 6.17. The van der Waals surface area contributed by atoms with E-state index in [2.05, 4.69) is 25.7 Å². The van der Waals surface area contributed by atoms with E-state index in [0.717, 1.165) is 37.8 Å². The molecule has 4 heteroatoms. The van der Waals surface area contributed by atoms with E-state index in [1.807, 2.05) is 11.3 Å². The minimum atomic E-state index is 0.634. The van der Waals surface area contributed by atoms with E-state index in [-0.39, 0.29) is 0 Å². The molecule has 114 valence electrons. The molecule has 0 spiro atoms. The van der Waals surface area contributed by atoms with Crippen LogP contribution in [0.15, 0.2) is 0 Å². The van der Waals surface area contributed by atoms with Gasteiger partial charge in [-0.05, 0) is 37.5 Å². The number of anilines is 1. The molecule has 1 aromatic heterocycles. The molecule has 1 aliphatic rings. The van der Waals surface area contributed by atoms with E-state index in [1.54, 1.807) is 0 Å². The number of aryl methyl sites for hydroxylation is 1. The molecule has 2 N–H and O–H groups in total. The molecule has 2 heterocycles. The van der Waals surface area contributed by atoms with Crippen LogP contribution in [0.1, 0.15) is 57.0 Å². The molecule has 1 aromatic rings. The second-order valence-corrected chi connectivity index (χ2v) is 7.30.